The molecule has 9 heavy (non-hydrogen) atoms. The Morgan fingerprint density at radius 1 is 1.67 bits per heavy atom. The van der Waals surface area contributed by atoms with Gasteiger partial charge < -0.3 is 5.73 Å². The molecule has 1 aromatic heterocycles. The number of nitrogen functional groups attached to an aromatic ring is 1. The van der Waals surface area contributed by atoms with E-state index < -0.39 is 0 Å². The molecule has 0 spiro atoms. The van der Waals surface area contributed by atoms with Crippen LogP contribution < -0.4 is 5.73 Å². The van der Waals surface area contributed by atoms with Gasteiger partial charge in [-0.2, -0.15) is 0 Å². The Kier molecular flexibility index (Phi) is 3.25. The molecule has 1 heterocycles. The maximum atomic E-state index is 5.61. The molecule has 2 N–H and O–H groups in total. The highest BCUT2D eigenvalue weighted by atomic mass is 35.5. The number of nitrogens with zero attached hydrogens (tertiary/aromatic N) is 1. The molecule has 0 saturated carbocycles. The summed E-state index contributed by atoms with van der Waals surface area (Å²) in [6.07, 6.45) is 0. The molecule has 5 heteroatoms. The number of nitrogens with two attached hydrogens (primary N) is 1. The van der Waals surface area contributed by atoms with Crippen LogP contribution in [0.3, 0.4) is 0 Å². The largest absolute Gasteiger partial charge is 0.375 e. The van der Waals surface area contributed by atoms with E-state index >= 15 is 0 Å². The Bertz CT molecular complexity index is 179. The van der Waals surface area contributed by atoms with Crippen molar-refractivity contribution in [1.29, 1.82) is 0 Å². The topological polar surface area (TPSA) is 38.9 Å². The third-order valence-corrected chi connectivity index (χ3v) is 2.04. The van der Waals surface area contributed by atoms with E-state index in [-0.39, 0.29) is 12.4 Å². The maximum Gasteiger partial charge on any atom is 0.181 e. The minimum atomic E-state index is 0. The molecule has 0 unspecified atom stereocenters. The second kappa shape index (κ2) is 3.25. The Balaban J connectivity index is 0.000000640. The lowest BCUT2D eigenvalue weighted by atomic mass is 10.6. The van der Waals surface area contributed by atoms with Crippen LogP contribution >= 0.6 is 35.3 Å². The van der Waals surface area contributed by atoms with Crippen LogP contribution in [0.2, 0.25) is 4.34 Å². The SMILES string of the molecule is Cc1nc(N)sc1Cl.Cl. The average molecular weight is 185 g/mol. The molecule has 0 aromatic carbocycles. The van der Waals surface area contributed by atoms with E-state index in [0.29, 0.717) is 9.47 Å². The Labute approximate surface area is 68.5 Å². The van der Waals surface area contributed by atoms with Crippen LogP contribution in [0.1, 0.15) is 5.69 Å². The van der Waals surface area contributed by atoms with Crippen LogP contribution in [0, 0.1) is 6.92 Å². The Morgan fingerprint density at radius 2 is 2.22 bits per heavy atom. The zero-order valence-electron chi connectivity index (χ0n) is 4.72. The highest BCUT2D eigenvalue weighted by Crippen LogP contribution is 2.24. The fraction of sp³-hybridized carbons (Fsp3) is 0.250. The summed E-state index contributed by atoms with van der Waals surface area (Å²) in [5.41, 5.74) is 6.12. The number of halogens is 2. The minimum Gasteiger partial charge on any atom is -0.375 e. The van der Waals surface area contributed by atoms with Gasteiger partial charge in [-0.15, -0.1) is 12.4 Å². The van der Waals surface area contributed by atoms with Crippen molar-refractivity contribution in [2.24, 2.45) is 0 Å². The van der Waals surface area contributed by atoms with Gasteiger partial charge in [0, 0.05) is 0 Å². The zero-order valence-corrected chi connectivity index (χ0v) is 7.11. The molecule has 0 aliphatic rings. The van der Waals surface area contributed by atoms with Gasteiger partial charge in [-0.1, -0.05) is 22.9 Å². The quantitative estimate of drug-likeness (QED) is 0.672. The monoisotopic (exact) mass is 184 g/mol. The van der Waals surface area contributed by atoms with E-state index in [1.165, 1.54) is 11.3 Å². The second-order valence-electron chi connectivity index (χ2n) is 1.41. The van der Waals surface area contributed by atoms with Gasteiger partial charge in [0.1, 0.15) is 4.34 Å². The number of anilines is 1. The zero-order chi connectivity index (χ0) is 6.15. The van der Waals surface area contributed by atoms with Crippen molar-refractivity contribution >= 4 is 40.5 Å². The standard InChI is InChI=1S/C4H5ClN2S.ClH/c1-2-3(5)8-4(6)7-2;/h1H3,(H2,6,7);1H. The molecule has 0 amide bonds. The first kappa shape index (κ1) is 9.01. The molecular weight excluding hydrogens is 179 g/mol. The van der Waals surface area contributed by atoms with E-state index in [9.17, 15) is 0 Å². The van der Waals surface area contributed by atoms with Crippen LogP contribution in [0.4, 0.5) is 5.13 Å². The van der Waals surface area contributed by atoms with E-state index in [4.69, 9.17) is 17.3 Å². The minimum absolute atomic E-state index is 0. The maximum absolute atomic E-state index is 5.61. The molecule has 1 aromatic rings. The van der Waals surface area contributed by atoms with E-state index in [2.05, 4.69) is 4.98 Å². The van der Waals surface area contributed by atoms with Crippen molar-refractivity contribution in [3.05, 3.63) is 10.0 Å². The molecule has 0 radical (unpaired) electrons. The van der Waals surface area contributed by atoms with Crippen LogP contribution in [-0.4, -0.2) is 4.98 Å². The number of hydrogen-bond acceptors (Lipinski definition) is 3. The van der Waals surface area contributed by atoms with Crippen LogP contribution in [0.25, 0.3) is 0 Å². The van der Waals surface area contributed by atoms with Crippen molar-refractivity contribution in [2.45, 2.75) is 6.92 Å². The van der Waals surface area contributed by atoms with Crippen LogP contribution in [0.15, 0.2) is 0 Å². The summed E-state index contributed by atoms with van der Waals surface area (Å²) >= 11 is 6.91. The van der Waals surface area contributed by atoms with Crippen molar-refractivity contribution in [3.8, 4) is 0 Å². The number of aromatic nitrogens is 1. The van der Waals surface area contributed by atoms with Crippen molar-refractivity contribution in [1.82, 2.24) is 4.98 Å². The molecule has 1 rings (SSSR count). The van der Waals surface area contributed by atoms with Gasteiger partial charge in [0.15, 0.2) is 5.13 Å². The fourth-order valence-electron chi connectivity index (χ4n) is 0.398. The summed E-state index contributed by atoms with van der Waals surface area (Å²) in [5, 5.41) is 0.535. The average Bonchev–Trinajstić information content (AvgIpc) is 1.85. The van der Waals surface area contributed by atoms with Gasteiger partial charge in [-0.05, 0) is 6.92 Å². The predicted molar refractivity (Wildman–Crippen MR) is 43.5 cm³/mol. The Hall–Kier alpha value is 0.01000. The predicted octanol–water partition coefficient (Wildman–Crippen LogP) is 2.11. The summed E-state index contributed by atoms with van der Waals surface area (Å²) in [4.78, 5) is 3.88. The van der Waals surface area contributed by atoms with Crippen LogP contribution in [-0.2, 0) is 0 Å². The highest BCUT2D eigenvalue weighted by molar-refractivity contribution is 7.19. The van der Waals surface area contributed by atoms with Gasteiger partial charge >= 0.3 is 0 Å². The molecule has 0 saturated heterocycles. The lowest BCUT2D eigenvalue weighted by molar-refractivity contribution is 1.27. The van der Waals surface area contributed by atoms with Gasteiger partial charge in [-0.25, -0.2) is 4.98 Å². The molecule has 0 aliphatic carbocycles. The van der Waals surface area contributed by atoms with Gasteiger partial charge in [0.2, 0.25) is 0 Å². The number of hydrogen-bond donors (Lipinski definition) is 1. The van der Waals surface area contributed by atoms with E-state index in [0.717, 1.165) is 5.69 Å². The number of aryl methyl sites for hydroxylation is 1. The Morgan fingerprint density at radius 3 is 2.33 bits per heavy atom. The molecule has 0 aliphatic heterocycles. The normalized spacial score (nSPS) is 8.67. The second-order valence-corrected chi connectivity index (χ2v) is 3.04. The van der Waals surface area contributed by atoms with Crippen molar-refractivity contribution in [2.75, 3.05) is 5.73 Å². The van der Waals surface area contributed by atoms with Gasteiger partial charge in [0.05, 0.1) is 5.69 Å². The summed E-state index contributed by atoms with van der Waals surface area (Å²) in [5.74, 6) is 0. The van der Waals surface area contributed by atoms with E-state index in [1.54, 1.807) is 0 Å². The third-order valence-electron chi connectivity index (χ3n) is 0.757. The number of rotatable bonds is 0. The molecular formula is C4H6Cl2N2S. The smallest absolute Gasteiger partial charge is 0.181 e. The fourth-order valence-corrected chi connectivity index (χ4v) is 1.24. The first-order chi connectivity index (χ1) is 3.70. The molecule has 2 nitrogen and oxygen atoms in total. The lowest BCUT2D eigenvalue weighted by Gasteiger charge is -1.74. The molecule has 0 bridgehead atoms. The van der Waals surface area contributed by atoms with Gasteiger partial charge in [-0.3, -0.25) is 0 Å². The molecule has 0 fully saturated rings. The summed E-state index contributed by atoms with van der Waals surface area (Å²) in [7, 11) is 0. The van der Waals surface area contributed by atoms with Crippen molar-refractivity contribution < 1.29 is 0 Å². The van der Waals surface area contributed by atoms with Gasteiger partial charge in [0.25, 0.3) is 0 Å². The highest BCUT2D eigenvalue weighted by Gasteiger charge is 1.98. The number of thiazole rings is 1. The van der Waals surface area contributed by atoms with Crippen molar-refractivity contribution in [3.63, 3.8) is 0 Å². The first-order valence-corrected chi connectivity index (χ1v) is 3.28. The first-order valence-electron chi connectivity index (χ1n) is 2.08. The summed E-state index contributed by atoms with van der Waals surface area (Å²) in [6, 6.07) is 0. The molecule has 0 atom stereocenters. The molecule has 52 valence electrons. The van der Waals surface area contributed by atoms with E-state index in [1.807, 2.05) is 6.92 Å². The third kappa shape index (κ3) is 2.01. The van der Waals surface area contributed by atoms with Crippen LogP contribution in [0.5, 0.6) is 0 Å². The summed E-state index contributed by atoms with van der Waals surface area (Å²) in [6.45, 7) is 1.83. The lowest BCUT2D eigenvalue weighted by Crippen LogP contribution is -1.80. The summed E-state index contributed by atoms with van der Waals surface area (Å²) < 4.78 is 0.683.